The maximum Gasteiger partial charge on any atom is 0.153 e. The smallest absolute Gasteiger partial charge is 0.153 e. The summed E-state index contributed by atoms with van der Waals surface area (Å²) < 4.78 is 26.6. The molecule has 0 radical (unpaired) electrons. The molecule has 3 heterocycles. The van der Waals surface area contributed by atoms with Gasteiger partial charge in [0.25, 0.3) is 0 Å². The van der Waals surface area contributed by atoms with Gasteiger partial charge in [-0.1, -0.05) is 15.5 Å². The van der Waals surface area contributed by atoms with Gasteiger partial charge in [0.15, 0.2) is 18.9 Å². The molecule has 0 atom stereocenters. The topological polar surface area (TPSA) is 249 Å². The maximum absolute atomic E-state index is 11.1. The first kappa shape index (κ1) is 51.4. The summed E-state index contributed by atoms with van der Waals surface area (Å²) in [6.07, 6.45) is 6.46. The Labute approximate surface area is 372 Å². The molecule has 0 saturated heterocycles. The van der Waals surface area contributed by atoms with E-state index in [9.17, 15) is 34.8 Å². The first-order valence-corrected chi connectivity index (χ1v) is 20.6. The van der Waals surface area contributed by atoms with E-state index >= 15 is 0 Å². The van der Waals surface area contributed by atoms with E-state index in [-0.39, 0.29) is 40.7 Å². The second-order valence-corrected chi connectivity index (χ2v) is 15.2. The normalized spacial score (nSPS) is 10.4. The summed E-state index contributed by atoms with van der Waals surface area (Å²) in [5.74, 6) is 3.63. The second-order valence-electron chi connectivity index (χ2n) is 15.2. The summed E-state index contributed by atoms with van der Waals surface area (Å²) in [6, 6.07) is 10.4. The molecular weight excluding hydrogens is 827 g/mol. The van der Waals surface area contributed by atoms with Crippen molar-refractivity contribution in [1.29, 1.82) is 0 Å². The third-order valence-electron chi connectivity index (χ3n) is 9.75. The number of carbonyl (C=O) groups excluding carboxylic acids is 3. The number of aromatic hydroxyl groups is 4. The van der Waals surface area contributed by atoms with Crippen molar-refractivity contribution in [1.82, 2.24) is 15.5 Å². The third-order valence-corrected chi connectivity index (χ3v) is 9.75. The van der Waals surface area contributed by atoms with Crippen LogP contribution in [0.15, 0.2) is 50.0 Å². The van der Waals surface area contributed by atoms with E-state index in [0.717, 1.165) is 78.3 Å². The van der Waals surface area contributed by atoms with Crippen LogP contribution in [0.25, 0.3) is 0 Å². The summed E-state index contributed by atoms with van der Waals surface area (Å²) >= 11 is 0. The second kappa shape index (κ2) is 25.2. The number of hydrogen-bond acceptors (Lipinski definition) is 16. The summed E-state index contributed by atoms with van der Waals surface area (Å²) in [7, 11) is 0. The molecule has 6 rings (SSSR count). The largest absolute Gasteiger partial charge is 0.507 e. The van der Waals surface area contributed by atoms with Gasteiger partial charge in [0.1, 0.15) is 51.8 Å². The van der Waals surface area contributed by atoms with Gasteiger partial charge in [-0.2, -0.15) is 0 Å². The highest BCUT2D eigenvalue weighted by atomic mass is 16.5. The molecule has 3 aromatic heterocycles. The minimum absolute atomic E-state index is 0.0172. The number of aliphatic hydroxyl groups excluding tert-OH is 1. The number of benzene rings is 3. The van der Waals surface area contributed by atoms with Gasteiger partial charge in [-0.05, 0) is 116 Å². The number of carbonyl (C=O) groups is 3. The predicted octanol–water partition coefficient (Wildman–Crippen LogP) is 8.69. The average Bonchev–Trinajstić information content (AvgIpc) is 4.03. The lowest BCUT2D eigenvalue weighted by atomic mass is 10.0. The van der Waals surface area contributed by atoms with Crippen LogP contribution in [-0.2, 0) is 19.3 Å². The molecule has 3 aromatic carbocycles. The van der Waals surface area contributed by atoms with Crippen LogP contribution in [0.2, 0.25) is 0 Å². The molecule has 6 aromatic rings. The molecule has 0 bridgehead atoms. The van der Waals surface area contributed by atoms with Gasteiger partial charge in [0.2, 0.25) is 0 Å². The van der Waals surface area contributed by atoms with E-state index in [1.165, 1.54) is 6.07 Å². The van der Waals surface area contributed by atoms with Crippen LogP contribution in [-0.4, -0.2) is 79.7 Å². The highest BCUT2D eigenvalue weighted by molar-refractivity contribution is 5.83. The number of phenols is 4. The van der Waals surface area contributed by atoms with Gasteiger partial charge in [-0.3, -0.25) is 14.4 Å². The van der Waals surface area contributed by atoms with Crippen LogP contribution >= 0.6 is 0 Å². The van der Waals surface area contributed by atoms with Gasteiger partial charge in [0.05, 0.1) is 47.0 Å². The summed E-state index contributed by atoms with van der Waals surface area (Å²) in [5, 5.41) is 58.3. The molecule has 5 N–H and O–H groups in total. The quantitative estimate of drug-likeness (QED) is 0.0450. The van der Waals surface area contributed by atoms with Crippen LogP contribution in [0.3, 0.4) is 0 Å². The molecule has 0 aliphatic carbocycles. The highest BCUT2D eigenvalue weighted by Gasteiger charge is 2.15. The number of aldehydes is 3. The maximum atomic E-state index is 11.1. The zero-order valence-electron chi connectivity index (χ0n) is 37.9. The van der Waals surface area contributed by atoms with E-state index in [1.54, 1.807) is 46.8 Å². The number of aliphatic hydroxyl groups is 1. The Morgan fingerprint density at radius 2 is 0.828 bits per heavy atom. The van der Waals surface area contributed by atoms with Crippen molar-refractivity contribution in [2.24, 2.45) is 0 Å². The van der Waals surface area contributed by atoms with E-state index in [0.29, 0.717) is 77.1 Å². The first-order chi connectivity index (χ1) is 30.4. The zero-order chi connectivity index (χ0) is 47.5. The molecule has 0 spiro atoms. The Morgan fingerprint density at radius 1 is 0.469 bits per heavy atom. The van der Waals surface area contributed by atoms with Gasteiger partial charge in [-0.15, -0.1) is 0 Å². The van der Waals surface area contributed by atoms with Crippen LogP contribution in [0.5, 0.6) is 34.5 Å². The summed E-state index contributed by atoms with van der Waals surface area (Å²) in [4.78, 5) is 32.4. The molecule has 344 valence electrons. The molecule has 0 aliphatic rings. The molecule has 16 nitrogen and oxygen atoms in total. The van der Waals surface area contributed by atoms with Gasteiger partial charge in [-0.25, -0.2) is 0 Å². The summed E-state index contributed by atoms with van der Waals surface area (Å²) in [5.41, 5.74) is 7.19. The van der Waals surface area contributed by atoms with Crippen LogP contribution in [0.1, 0.15) is 118 Å². The fourth-order valence-corrected chi connectivity index (χ4v) is 6.35. The SMILES string of the molecule is Cc1cc(C=O)c(O)c(C)c1O.Cc1cc(CCCO)on1.Cc1cc(CCCOc2c(C)cc(C=O)c(O)c2C)on1.Cc1cc(CCCOc2c(C=O)cc(C)c(O)c2C)on1. The van der Waals surface area contributed by atoms with Crippen molar-refractivity contribution >= 4 is 18.9 Å². The fraction of sp³-hybridized carbons (Fsp3) is 0.375. The average molecular weight is 886 g/mol. The van der Waals surface area contributed by atoms with Gasteiger partial charge < -0.3 is 48.6 Å². The Kier molecular flexibility index (Phi) is 20.3. The number of phenolic OH excluding ortho intramolecular Hbond substituents is 4. The van der Waals surface area contributed by atoms with Gasteiger partial charge >= 0.3 is 0 Å². The minimum Gasteiger partial charge on any atom is -0.507 e. The number of aromatic nitrogens is 3. The van der Waals surface area contributed by atoms with Gasteiger partial charge in [0, 0.05) is 60.8 Å². The number of hydrogen-bond donors (Lipinski definition) is 5. The Bertz CT molecular complexity index is 2460. The lowest BCUT2D eigenvalue weighted by Crippen LogP contribution is -2.04. The third kappa shape index (κ3) is 14.9. The van der Waals surface area contributed by atoms with Crippen molar-refractivity contribution in [2.75, 3.05) is 19.8 Å². The number of aryl methyl sites for hydroxylation is 9. The number of nitrogens with zero attached hydrogens (tertiary/aromatic N) is 3. The van der Waals surface area contributed by atoms with Crippen LogP contribution in [0, 0.1) is 62.3 Å². The first-order valence-electron chi connectivity index (χ1n) is 20.6. The lowest BCUT2D eigenvalue weighted by Gasteiger charge is -2.14. The van der Waals surface area contributed by atoms with Crippen molar-refractivity contribution in [2.45, 2.75) is 101 Å². The monoisotopic (exact) mass is 885 g/mol. The van der Waals surface area contributed by atoms with E-state index in [2.05, 4.69) is 15.5 Å². The van der Waals surface area contributed by atoms with Crippen molar-refractivity contribution in [3.63, 3.8) is 0 Å². The Balaban J connectivity index is 0.000000237. The van der Waals surface area contributed by atoms with Crippen molar-refractivity contribution in [3.05, 3.63) is 121 Å². The molecule has 16 heteroatoms. The van der Waals surface area contributed by atoms with E-state index in [1.807, 2.05) is 45.9 Å². The Hall–Kier alpha value is -6.94. The Morgan fingerprint density at radius 3 is 1.23 bits per heavy atom. The molecular formula is C48H59N3O13. The zero-order valence-corrected chi connectivity index (χ0v) is 37.9. The number of rotatable bonds is 16. The highest BCUT2D eigenvalue weighted by Crippen LogP contribution is 2.35. The molecule has 0 unspecified atom stereocenters. The molecule has 0 amide bonds. The van der Waals surface area contributed by atoms with Crippen LogP contribution < -0.4 is 9.47 Å². The number of ether oxygens (including phenoxy) is 2. The summed E-state index contributed by atoms with van der Waals surface area (Å²) in [6.45, 7) is 17.1. The van der Waals surface area contributed by atoms with Crippen molar-refractivity contribution in [3.8, 4) is 34.5 Å². The van der Waals surface area contributed by atoms with E-state index in [4.69, 9.17) is 28.1 Å². The van der Waals surface area contributed by atoms with Crippen LogP contribution in [0.4, 0.5) is 0 Å². The predicted molar refractivity (Wildman–Crippen MR) is 237 cm³/mol. The standard InChI is InChI=1S/2C16H19NO4.C9H10O3.C7H11NO2/c1-10-7-13(9-18)15(19)12(3)16(10)20-6-4-5-14-8-11(2)17-21-14;1-10-7-13(9-18)16(12(3)15(10)19)20-6-4-5-14-8-11(2)17-21-14;1-5-3-7(4-10)9(12)6(2)8(5)11;1-6-5-7(10-8-6)3-2-4-9/h2*7-9,19H,4-6H2,1-3H3;3-4,11-12H,1-2H3;5,9H,2-4H2,1H3. The molecule has 0 fully saturated rings. The van der Waals surface area contributed by atoms with E-state index < -0.39 is 0 Å². The minimum atomic E-state index is -0.145. The van der Waals surface area contributed by atoms with Crippen molar-refractivity contribution < 1.29 is 63.0 Å². The molecule has 64 heavy (non-hydrogen) atoms. The molecule has 0 saturated carbocycles. The lowest BCUT2D eigenvalue weighted by molar-refractivity contribution is 0.111. The fourth-order valence-electron chi connectivity index (χ4n) is 6.35. The molecule has 0 aliphatic heterocycles.